The third kappa shape index (κ3) is 1.62. The van der Waals surface area contributed by atoms with Crippen LogP contribution in [0.25, 0.3) is 0 Å². The van der Waals surface area contributed by atoms with E-state index in [2.05, 4.69) is 26.2 Å². The van der Waals surface area contributed by atoms with Crippen LogP contribution in [0.5, 0.6) is 0 Å². The van der Waals surface area contributed by atoms with Crippen molar-refractivity contribution in [3.63, 3.8) is 0 Å². The number of likely N-dealkylation sites (N-methyl/N-ethyl adjacent to an activating group) is 1. The van der Waals surface area contributed by atoms with Crippen molar-refractivity contribution in [3.05, 3.63) is 12.2 Å². The topological polar surface area (TPSA) is 30.7 Å². The Bertz CT molecular complexity index is 298. The van der Waals surface area contributed by atoms with Crippen molar-refractivity contribution in [2.45, 2.75) is 31.0 Å². The monoisotopic (exact) mass is 196 g/mol. The van der Waals surface area contributed by atoms with Gasteiger partial charge in [0.05, 0.1) is 19.7 Å². The average molecular weight is 196 g/mol. The van der Waals surface area contributed by atoms with Crippen LogP contribution in [-0.2, 0) is 9.53 Å². The predicted octanol–water partition coefficient (Wildman–Crippen LogP) is -0.422. The Hall–Kier alpha value is -0.670. The van der Waals surface area contributed by atoms with Gasteiger partial charge in [0.15, 0.2) is 0 Å². The highest BCUT2D eigenvalue weighted by atomic mass is 16.5. The highest BCUT2D eigenvalue weighted by Crippen LogP contribution is 2.40. The van der Waals surface area contributed by atoms with Crippen molar-refractivity contribution in [1.82, 2.24) is 0 Å². The summed E-state index contributed by atoms with van der Waals surface area (Å²) in [5.41, 5.74) is -0.645. The van der Waals surface area contributed by atoms with Gasteiger partial charge in [0.2, 0.25) is 0 Å². The van der Waals surface area contributed by atoms with Gasteiger partial charge in [-0.15, -0.1) is 0 Å². The van der Waals surface area contributed by atoms with Crippen LogP contribution in [0.3, 0.4) is 0 Å². The van der Waals surface area contributed by atoms with E-state index in [1.54, 1.807) is 0 Å². The van der Waals surface area contributed by atoms with Crippen LogP contribution in [0.1, 0.15) is 19.8 Å². The molecule has 0 aromatic carbocycles. The van der Waals surface area contributed by atoms with Crippen LogP contribution in [0.4, 0.5) is 0 Å². The van der Waals surface area contributed by atoms with Crippen molar-refractivity contribution >= 4 is 5.78 Å². The fraction of sp³-hybridized carbons (Fsp3) is 0.727. The van der Waals surface area contributed by atoms with E-state index < -0.39 is 0 Å². The minimum Gasteiger partial charge on any atom is -0.354 e. The second kappa shape index (κ2) is 2.91. The third-order valence-electron chi connectivity index (χ3n) is 2.87. The number of carbonyl (C=O) groups excluding carboxylic acids is 1. The van der Waals surface area contributed by atoms with Gasteiger partial charge in [-0.1, -0.05) is 6.08 Å². The van der Waals surface area contributed by atoms with Crippen LogP contribution >= 0.6 is 0 Å². The maximum atomic E-state index is 11.6. The molecule has 2 aliphatic rings. The number of nitrogens with one attached hydrogen (secondary N) is 1. The molecule has 1 fully saturated rings. The number of fused-ring (bicyclic) bond motifs is 2. The van der Waals surface area contributed by atoms with Gasteiger partial charge < -0.3 is 9.64 Å². The third-order valence-corrected chi connectivity index (χ3v) is 2.87. The lowest BCUT2D eigenvalue weighted by Gasteiger charge is -2.37. The Morgan fingerprint density at radius 3 is 2.79 bits per heavy atom. The van der Waals surface area contributed by atoms with Crippen molar-refractivity contribution in [1.29, 1.82) is 0 Å². The SMILES string of the molecule is C[NH+](C)C[C@@]12C=C[C@@](C)(CC(=O)C1)O2. The molecule has 1 N–H and O–H groups in total. The zero-order chi connectivity index (χ0) is 10.4. The molecule has 2 atom stereocenters. The zero-order valence-corrected chi connectivity index (χ0v) is 9.09. The van der Waals surface area contributed by atoms with E-state index in [-0.39, 0.29) is 11.2 Å². The number of hydrogen-bond donors (Lipinski definition) is 1. The lowest BCUT2D eigenvalue weighted by molar-refractivity contribution is -0.864. The zero-order valence-electron chi connectivity index (χ0n) is 9.09. The molecule has 78 valence electrons. The van der Waals surface area contributed by atoms with Gasteiger partial charge in [0.1, 0.15) is 17.9 Å². The maximum absolute atomic E-state index is 11.6. The first-order chi connectivity index (χ1) is 6.43. The van der Waals surface area contributed by atoms with Crippen LogP contribution in [0, 0.1) is 0 Å². The highest BCUT2D eigenvalue weighted by Gasteiger charge is 2.50. The summed E-state index contributed by atoms with van der Waals surface area (Å²) in [6, 6.07) is 0. The molecule has 0 radical (unpaired) electrons. The van der Waals surface area contributed by atoms with E-state index in [4.69, 9.17) is 4.74 Å². The minimum absolute atomic E-state index is 0.317. The summed E-state index contributed by atoms with van der Waals surface area (Å²) in [7, 11) is 4.17. The highest BCUT2D eigenvalue weighted by molar-refractivity contribution is 5.83. The standard InChI is InChI=1S/C11H17NO2/c1-10-4-5-11(14-10,8-12(2)3)7-9(13)6-10/h4-5H,6-8H2,1-3H3/p+1/t10-,11+/m0/s1. The number of ketones is 1. The molecule has 3 nitrogen and oxygen atoms in total. The van der Waals surface area contributed by atoms with Crippen molar-refractivity contribution in [2.75, 3.05) is 20.6 Å². The molecule has 2 rings (SSSR count). The summed E-state index contributed by atoms with van der Waals surface area (Å²) in [6.45, 7) is 2.86. The minimum atomic E-state index is -0.329. The van der Waals surface area contributed by atoms with Gasteiger partial charge in [-0.3, -0.25) is 4.79 Å². The van der Waals surface area contributed by atoms with Gasteiger partial charge in [0.25, 0.3) is 0 Å². The summed E-state index contributed by atoms with van der Waals surface area (Å²) in [4.78, 5) is 12.9. The van der Waals surface area contributed by atoms with E-state index in [1.165, 1.54) is 4.90 Å². The molecule has 0 amide bonds. The van der Waals surface area contributed by atoms with Crippen molar-refractivity contribution in [2.24, 2.45) is 0 Å². The number of ether oxygens (including phenoxy) is 1. The fourth-order valence-corrected chi connectivity index (χ4v) is 2.59. The Kier molecular flexibility index (Phi) is 2.05. The fourth-order valence-electron chi connectivity index (χ4n) is 2.59. The van der Waals surface area contributed by atoms with Gasteiger partial charge in [-0.05, 0) is 13.0 Å². The van der Waals surface area contributed by atoms with Gasteiger partial charge in [0, 0.05) is 12.8 Å². The summed E-state index contributed by atoms with van der Waals surface area (Å²) < 4.78 is 6.00. The Balaban J connectivity index is 2.21. The van der Waals surface area contributed by atoms with Crippen LogP contribution < -0.4 is 4.90 Å². The molecule has 0 unspecified atom stereocenters. The van der Waals surface area contributed by atoms with Crippen LogP contribution in [-0.4, -0.2) is 37.6 Å². The first-order valence-electron chi connectivity index (χ1n) is 5.14. The van der Waals surface area contributed by atoms with Crippen molar-refractivity contribution in [3.8, 4) is 0 Å². The molecule has 2 heterocycles. The second-order valence-corrected chi connectivity index (χ2v) is 5.09. The molecule has 0 spiro atoms. The van der Waals surface area contributed by atoms with E-state index in [0.717, 1.165) is 6.54 Å². The average Bonchev–Trinajstić information content (AvgIpc) is 2.19. The van der Waals surface area contributed by atoms with E-state index in [9.17, 15) is 4.79 Å². The molecule has 0 saturated carbocycles. The lowest BCUT2D eigenvalue weighted by Crippen LogP contribution is -3.08. The number of quaternary nitrogens is 1. The molecular weight excluding hydrogens is 178 g/mol. The number of carbonyl (C=O) groups is 1. The largest absolute Gasteiger partial charge is 0.354 e. The van der Waals surface area contributed by atoms with Crippen LogP contribution in [0.2, 0.25) is 0 Å². The Morgan fingerprint density at radius 2 is 2.14 bits per heavy atom. The molecule has 0 aliphatic carbocycles. The van der Waals surface area contributed by atoms with Gasteiger partial charge in [-0.25, -0.2) is 0 Å². The first-order valence-corrected chi connectivity index (χ1v) is 5.14. The summed E-state index contributed by atoms with van der Waals surface area (Å²) in [6.07, 6.45) is 5.23. The number of rotatable bonds is 2. The Morgan fingerprint density at radius 1 is 1.43 bits per heavy atom. The smallest absolute Gasteiger partial charge is 0.143 e. The van der Waals surface area contributed by atoms with Gasteiger partial charge in [-0.2, -0.15) is 0 Å². The molecular formula is C11H18NO2+. The molecule has 14 heavy (non-hydrogen) atoms. The summed E-state index contributed by atoms with van der Waals surface area (Å²) in [5, 5.41) is 0. The molecule has 3 heteroatoms. The van der Waals surface area contributed by atoms with Crippen LogP contribution in [0.15, 0.2) is 12.2 Å². The quantitative estimate of drug-likeness (QED) is 0.608. The van der Waals surface area contributed by atoms with E-state index in [1.807, 2.05) is 6.92 Å². The van der Waals surface area contributed by atoms with E-state index >= 15 is 0 Å². The molecule has 2 aliphatic heterocycles. The Labute approximate surface area is 84.7 Å². The number of hydrogen-bond acceptors (Lipinski definition) is 2. The predicted molar refractivity (Wildman–Crippen MR) is 53.3 cm³/mol. The van der Waals surface area contributed by atoms with Gasteiger partial charge >= 0.3 is 0 Å². The molecule has 2 bridgehead atoms. The second-order valence-electron chi connectivity index (χ2n) is 5.09. The number of Topliss-reactive ketones (excluding diaryl/α,β-unsaturated/α-hetero) is 1. The molecule has 0 aromatic heterocycles. The van der Waals surface area contributed by atoms with Crippen molar-refractivity contribution < 1.29 is 14.4 Å². The lowest BCUT2D eigenvalue weighted by atomic mass is 9.91. The maximum Gasteiger partial charge on any atom is 0.143 e. The molecule has 1 saturated heterocycles. The summed E-state index contributed by atoms with van der Waals surface area (Å²) >= 11 is 0. The summed E-state index contributed by atoms with van der Waals surface area (Å²) in [5.74, 6) is 0.324. The molecule has 0 aromatic rings. The van der Waals surface area contributed by atoms with E-state index in [0.29, 0.717) is 18.6 Å². The normalized spacial score (nSPS) is 41.0. The first kappa shape index (κ1) is 9.87.